The highest BCUT2D eigenvalue weighted by molar-refractivity contribution is 6.61. The van der Waals surface area contributed by atoms with Crippen LogP contribution in [0.3, 0.4) is 0 Å². The van der Waals surface area contributed by atoms with Gasteiger partial charge in [-0.25, -0.2) is 0 Å². The van der Waals surface area contributed by atoms with Crippen molar-refractivity contribution in [2.24, 2.45) is 0 Å². The van der Waals surface area contributed by atoms with E-state index in [0.29, 0.717) is 25.2 Å². The number of carbonyl (C=O) groups excluding carboxylic acids is 1. The van der Waals surface area contributed by atoms with Gasteiger partial charge in [-0.2, -0.15) is 0 Å². The molecule has 1 aromatic rings. The van der Waals surface area contributed by atoms with Gasteiger partial charge in [-0.3, -0.25) is 9.78 Å². The first kappa shape index (κ1) is 15.7. The second-order valence-corrected chi connectivity index (χ2v) is 6.95. The summed E-state index contributed by atoms with van der Waals surface area (Å²) in [7, 11) is -0.510. The molecule has 2 aliphatic rings. The lowest BCUT2D eigenvalue weighted by Gasteiger charge is -2.32. The van der Waals surface area contributed by atoms with Gasteiger partial charge >= 0.3 is 7.12 Å². The summed E-state index contributed by atoms with van der Waals surface area (Å²) in [4.78, 5) is 16.4. The van der Waals surface area contributed by atoms with Gasteiger partial charge in [0.05, 0.1) is 35.9 Å². The molecule has 1 atom stereocenters. The van der Waals surface area contributed by atoms with Crippen LogP contribution in [-0.4, -0.2) is 42.3 Å². The zero-order chi connectivity index (χ0) is 16.0. The monoisotopic (exact) mass is 303 g/mol. The van der Waals surface area contributed by atoms with E-state index < -0.39 is 18.3 Å². The van der Waals surface area contributed by atoms with Crippen LogP contribution in [0.4, 0.5) is 0 Å². The number of nitrogens with zero attached hydrogens (tertiary/aromatic N) is 1. The zero-order valence-corrected chi connectivity index (χ0v) is 13.6. The molecule has 3 rings (SSSR count). The number of ether oxygens (including phenoxy) is 1. The van der Waals surface area contributed by atoms with Gasteiger partial charge in [0.2, 0.25) is 0 Å². The summed E-state index contributed by atoms with van der Waals surface area (Å²) in [6.07, 6.45) is 2.18. The summed E-state index contributed by atoms with van der Waals surface area (Å²) in [5.74, 6) is 0.00948. The number of carbonyl (C=O) groups is 1. The molecular formula is C16H22BNO4. The fraction of sp³-hybridized carbons (Fsp3) is 0.625. The molecule has 0 N–H and O–H groups in total. The lowest BCUT2D eigenvalue weighted by molar-refractivity contribution is -0.126. The normalized spacial score (nSPS) is 27.2. The number of ketones is 1. The van der Waals surface area contributed by atoms with Crippen molar-refractivity contribution in [2.75, 3.05) is 13.2 Å². The summed E-state index contributed by atoms with van der Waals surface area (Å²) in [5.41, 5.74) is 0.817. The Morgan fingerprint density at radius 2 is 1.91 bits per heavy atom. The third kappa shape index (κ3) is 2.71. The average Bonchev–Trinajstić information content (AvgIpc) is 2.68. The Morgan fingerprint density at radius 3 is 2.55 bits per heavy atom. The molecule has 0 saturated carbocycles. The number of Topliss-reactive ketones (excluding diaryl/α,β-unsaturated/α-hetero) is 1. The largest absolute Gasteiger partial charge is 0.514 e. The second-order valence-electron chi connectivity index (χ2n) is 6.95. The fourth-order valence-corrected chi connectivity index (χ4v) is 2.70. The number of rotatable bonds is 2. The molecule has 0 amide bonds. The van der Waals surface area contributed by atoms with E-state index in [1.165, 1.54) is 0 Å². The van der Waals surface area contributed by atoms with Crippen molar-refractivity contribution < 1.29 is 18.8 Å². The van der Waals surface area contributed by atoms with Crippen molar-refractivity contribution in [2.45, 2.75) is 51.2 Å². The molecule has 0 radical (unpaired) electrons. The quantitative estimate of drug-likeness (QED) is 0.774. The topological polar surface area (TPSA) is 57.7 Å². The molecule has 1 unspecified atom stereocenters. The highest BCUT2D eigenvalue weighted by Crippen LogP contribution is 2.36. The Labute approximate surface area is 131 Å². The Bertz CT molecular complexity index is 571. The van der Waals surface area contributed by atoms with Crippen LogP contribution in [0.5, 0.6) is 0 Å². The van der Waals surface area contributed by atoms with Crippen molar-refractivity contribution in [1.82, 2.24) is 4.98 Å². The molecular weight excluding hydrogens is 281 g/mol. The predicted molar refractivity (Wildman–Crippen MR) is 83.1 cm³/mol. The first-order valence-electron chi connectivity index (χ1n) is 7.72. The maximum atomic E-state index is 12.1. The van der Waals surface area contributed by atoms with Crippen molar-refractivity contribution in [1.29, 1.82) is 0 Å². The molecule has 3 heterocycles. The van der Waals surface area contributed by atoms with Crippen molar-refractivity contribution in [3.8, 4) is 0 Å². The number of hydrogen-bond donors (Lipinski definition) is 0. The van der Waals surface area contributed by atoms with Crippen LogP contribution >= 0.6 is 0 Å². The summed E-state index contributed by atoms with van der Waals surface area (Å²) < 4.78 is 17.5. The third-order valence-corrected chi connectivity index (χ3v) is 4.87. The van der Waals surface area contributed by atoms with Gasteiger partial charge in [-0.1, -0.05) is 0 Å². The standard InChI is InChI=1S/C16H22BNO4/c1-15(2)16(3,4)22-17(21-15)14-9-11(5-7-18-14)12-10-20-8-6-13(12)19/h5,7,9,12H,6,8,10H2,1-4H3. The van der Waals surface area contributed by atoms with Crippen LogP contribution in [-0.2, 0) is 18.8 Å². The predicted octanol–water partition coefficient (Wildman–Crippen LogP) is 1.45. The molecule has 118 valence electrons. The Morgan fingerprint density at radius 1 is 1.23 bits per heavy atom. The van der Waals surface area contributed by atoms with Gasteiger partial charge in [-0.05, 0) is 45.4 Å². The van der Waals surface area contributed by atoms with Gasteiger partial charge in [0.15, 0.2) is 0 Å². The molecule has 0 aliphatic carbocycles. The summed E-state index contributed by atoms with van der Waals surface area (Å²) in [6, 6.07) is 3.77. The molecule has 1 aromatic heterocycles. The van der Waals surface area contributed by atoms with E-state index in [0.717, 1.165) is 5.56 Å². The molecule has 22 heavy (non-hydrogen) atoms. The maximum absolute atomic E-state index is 12.1. The van der Waals surface area contributed by atoms with E-state index in [1.807, 2.05) is 39.8 Å². The first-order chi connectivity index (χ1) is 10.3. The zero-order valence-electron chi connectivity index (χ0n) is 13.6. The van der Waals surface area contributed by atoms with Crippen LogP contribution in [0.15, 0.2) is 18.3 Å². The number of aromatic nitrogens is 1. The number of hydrogen-bond acceptors (Lipinski definition) is 5. The average molecular weight is 303 g/mol. The van der Waals surface area contributed by atoms with Crippen LogP contribution in [0.25, 0.3) is 0 Å². The van der Waals surface area contributed by atoms with Crippen molar-refractivity contribution in [3.63, 3.8) is 0 Å². The van der Waals surface area contributed by atoms with E-state index in [2.05, 4.69) is 4.98 Å². The van der Waals surface area contributed by atoms with Crippen molar-refractivity contribution >= 4 is 18.5 Å². The lowest BCUT2D eigenvalue weighted by atomic mass is 9.81. The first-order valence-corrected chi connectivity index (χ1v) is 7.72. The van der Waals surface area contributed by atoms with Crippen molar-refractivity contribution in [3.05, 3.63) is 23.9 Å². The van der Waals surface area contributed by atoms with Gasteiger partial charge in [0, 0.05) is 12.6 Å². The van der Waals surface area contributed by atoms with Crippen LogP contribution < -0.4 is 5.59 Å². The fourth-order valence-electron chi connectivity index (χ4n) is 2.70. The molecule has 0 bridgehead atoms. The summed E-state index contributed by atoms with van der Waals surface area (Å²) in [5, 5.41) is 0. The lowest BCUT2D eigenvalue weighted by Crippen LogP contribution is -2.41. The Kier molecular flexibility index (Phi) is 3.87. The second kappa shape index (κ2) is 5.44. The minimum atomic E-state index is -0.510. The van der Waals surface area contributed by atoms with E-state index in [-0.39, 0.29) is 11.7 Å². The smallest absolute Gasteiger partial charge is 0.398 e. The highest BCUT2D eigenvalue weighted by Gasteiger charge is 2.52. The van der Waals surface area contributed by atoms with E-state index in [4.69, 9.17) is 14.0 Å². The number of pyridine rings is 1. The van der Waals surface area contributed by atoms with E-state index in [1.54, 1.807) is 6.20 Å². The molecule has 5 nitrogen and oxygen atoms in total. The molecule has 2 aliphatic heterocycles. The molecule has 0 aromatic carbocycles. The minimum Gasteiger partial charge on any atom is -0.398 e. The van der Waals surface area contributed by atoms with Gasteiger partial charge < -0.3 is 14.0 Å². The van der Waals surface area contributed by atoms with E-state index >= 15 is 0 Å². The molecule has 0 spiro atoms. The van der Waals surface area contributed by atoms with Gasteiger partial charge in [0.1, 0.15) is 5.78 Å². The molecule has 2 saturated heterocycles. The molecule has 6 heteroatoms. The van der Waals surface area contributed by atoms with Crippen LogP contribution in [0.1, 0.15) is 45.6 Å². The maximum Gasteiger partial charge on any atom is 0.514 e. The minimum absolute atomic E-state index is 0.210. The van der Waals surface area contributed by atoms with Crippen LogP contribution in [0, 0.1) is 0 Å². The summed E-state index contributed by atoms with van der Waals surface area (Å²) in [6.45, 7) is 8.99. The van der Waals surface area contributed by atoms with E-state index in [9.17, 15) is 4.79 Å². The third-order valence-electron chi connectivity index (χ3n) is 4.87. The van der Waals surface area contributed by atoms with Gasteiger partial charge in [0.25, 0.3) is 0 Å². The Balaban J connectivity index is 1.85. The Hall–Kier alpha value is -1.24. The molecule has 2 fully saturated rings. The summed E-state index contributed by atoms with van der Waals surface area (Å²) >= 11 is 0. The SMILES string of the molecule is CC1(C)OB(c2cc(C3COCCC3=O)ccn2)OC1(C)C. The van der Waals surface area contributed by atoms with Gasteiger partial charge in [-0.15, -0.1) is 0 Å². The highest BCUT2D eigenvalue weighted by atomic mass is 16.7. The van der Waals surface area contributed by atoms with Crippen LogP contribution in [0.2, 0.25) is 0 Å².